The summed E-state index contributed by atoms with van der Waals surface area (Å²) in [5.74, 6) is -2.26. The lowest BCUT2D eigenvalue weighted by Crippen LogP contribution is -2.25. The quantitative estimate of drug-likeness (QED) is 0.871. The number of carbonyl (C=O) groups excluding carboxylic acids is 1. The average Bonchev–Trinajstić information content (AvgIpc) is 2.50. The minimum Gasteiger partial charge on any atom is -0.356 e. The third-order valence-electron chi connectivity index (χ3n) is 3.27. The third kappa shape index (κ3) is 4.91. The van der Waals surface area contributed by atoms with Crippen LogP contribution in [0, 0.1) is 17.5 Å². The number of halogens is 3. The highest BCUT2D eigenvalue weighted by Crippen LogP contribution is 2.10. The van der Waals surface area contributed by atoms with Crippen LogP contribution in [0.3, 0.4) is 0 Å². The maximum Gasteiger partial charge on any atom is 0.220 e. The topological polar surface area (TPSA) is 29.1 Å². The molecule has 0 aliphatic carbocycles. The monoisotopic (exact) mass is 307 g/mol. The maximum absolute atomic E-state index is 13.0. The van der Waals surface area contributed by atoms with Crippen LogP contribution in [-0.2, 0) is 17.6 Å². The second-order valence-corrected chi connectivity index (χ2v) is 4.97. The summed E-state index contributed by atoms with van der Waals surface area (Å²) in [6.45, 7) is 0.447. The van der Waals surface area contributed by atoms with Crippen molar-refractivity contribution in [1.29, 1.82) is 0 Å². The average molecular weight is 307 g/mol. The Morgan fingerprint density at radius 2 is 1.55 bits per heavy atom. The van der Waals surface area contributed by atoms with E-state index in [1.807, 2.05) is 0 Å². The van der Waals surface area contributed by atoms with Gasteiger partial charge in [0, 0.05) is 13.0 Å². The molecule has 2 aromatic carbocycles. The molecular weight excluding hydrogens is 291 g/mol. The predicted octanol–water partition coefficient (Wildman–Crippen LogP) is 3.40. The Balaban J connectivity index is 1.71. The van der Waals surface area contributed by atoms with Crippen LogP contribution in [0.4, 0.5) is 13.2 Å². The molecule has 0 aliphatic rings. The highest BCUT2D eigenvalue weighted by atomic mass is 19.2. The van der Waals surface area contributed by atoms with Gasteiger partial charge in [-0.25, -0.2) is 13.2 Å². The summed E-state index contributed by atoms with van der Waals surface area (Å²) in [5.41, 5.74) is 1.51. The zero-order valence-corrected chi connectivity index (χ0v) is 11.9. The molecule has 0 radical (unpaired) electrons. The lowest BCUT2D eigenvalue weighted by atomic mass is 10.1. The minimum atomic E-state index is -0.908. The lowest BCUT2D eigenvalue weighted by molar-refractivity contribution is -0.121. The molecule has 2 rings (SSSR count). The van der Waals surface area contributed by atoms with Crippen LogP contribution in [-0.4, -0.2) is 12.5 Å². The molecule has 0 spiro atoms. The molecule has 2 nitrogen and oxygen atoms in total. The van der Waals surface area contributed by atoms with Gasteiger partial charge < -0.3 is 5.32 Å². The van der Waals surface area contributed by atoms with Crippen LogP contribution in [0.1, 0.15) is 17.5 Å². The molecule has 116 valence electrons. The van der Waals surface area contributed by atoms with Crippen molar-refractivity contribution in [3.63, 3.8) is 0 Å². The van der Waals surface area contributed by atoms with Gasteiger partial charge in [0.15, 0.2) is 11.6 Å². The Morgan fingerprint density at radius 3 is 2.23 bits per heavy atom. The molecule has 1 amide bonds. The number of nitrogens with one attached hydrogen (secondary N) is 1. The summed E-state index contributed by atoms with van der Waals surface area (Å²) in [7, 11) is 0. The van der Waals surface area contributed by atoms with Crippen molar-refractivity contribution in [2.45, 2.75) is 19.3 Å². The SMILES string of the molecule is O=C(CCc1ccc(F)c(F)c1)NCCc1ccc(F)cc1. The fourth-order valence-electron chi connectivity index (χ4n) is 2.04. The molecule has 22 heavy (non-hydrogen) atoms. The Morgan fingerprint density at radius 1 is 0.864 bits per heavy atom. The van der Waals surface area contributed by atoms with Crippen LogP contribution < -0.4 is 5.32 Å². The van der Waals surface area contributed by atoms with Gasteiger partial charge in [-0.1, -0.05) is 18.2 Å². The summed E-state index contributed by atoms with van der Waals surface area (Å²) in [6, 6.07) is 9.70. The maximum atomic E-state index is 13.0. The molecule has 0 heterocycles. The number of amides is 1. The first-order valence-electron chi connectivity index (χ1n) is 6.99. The molecule has 0 saturated carbocycles. The summed E-state index contributed by atoms with van der Waals surface area (Å²) in [5, 5.41) is 2.74. The van der Waals surface area contributed by atoms with E-state index >= 15 is 0 Å². The summed E-state index contributed by atoms with van der Waals surface area (Å²) in [4.78, 5) is 11.7. The summed E-state index contributed by atoms with van der Waals surface area (Å²) >= 11 is 0. The van der Waals surface area contributed by atoms with Crippen LogP contribution in [0.25, 0.3) is 0 Å². The molecule has 5 heteroatoms. The van der Waals surface area contributed by atoms with E-state index < -0.39 is 11.6 Å². The van der Waals surface area contributed by atoms with Gasteiger partial charge in [-0.2, -0.15) is 0 Å². The molecule has 0 unspecified atom stereocenters. The zero-order valence-electron chi connectivity index (χ0n) is 11.9. The lowest BCUT2D eigenvalue weighted by Gasteiger charge is -2.06. The van der Waals surface area contributed by atoms with E-state index in [1.165, 1.54) is 18.2 Å². The van der Waals surface area contributed by atoms with Crippen molar-refractivity contribution in [1.82, 2.24) is 5.32 Å². The molecule has 0 fully saturated rings. The fraction of sp³-hybridized carbons (Fsp3) is 0.235. The van der Waals surface area contributed by atoms with E-state index in [0.29, 0.717) is 24.9 Å². The number of hydrogen-bond donors (Lipinski definition) is 1. The first-order valence-corrected chi connectivity index (χ1v) is 6.99. The van der Waals surface area contributed by atoms with Gasteiger partial charge in [0.1, 0.15) is 5.82 Å². The van der Waals surface area contributed by atoms with E-state index in [0.717, 1.165) is 17.7 Å². The van der Waals surface area contributed by atoms with Crippen LogP contribution in [0.15, 0.2) is 42.5 Å². The molecule has 0 aromatic heterocycles. The molecule has 1 N–H and O–H groups in total. The number of carbonyl (C=O) groups is 1. The Kier molecular flexibility index (Phi) is 5.58. The normalized spacial score (nSPS) is 10.5. The number of benzene rings is 2. The van der Waals surface area contributed by atoms with Gasteiger partial charge in [0.25, 0.3) is 0 Å². The number of hydrogen-bond acceptors (Lipinski definition) is 1. The summed E-state index contributed by atoms with van der Waals surface area (Å²) in [6.07, 6.45) is 1.16. The van der Waals surface area contributed by atoms with Crippen molar-refractivity contribution in [3.05, 3.63) is 71.0 Å². The Hall–Kier alpha value is -2.30. The summed E-state index contributed by atoms with van der Waals surface area (Å²) < 4.78 is 38.5. The number of aryl methyl sites for hydroxylation is 1. The molecule has 0 saturated heterocycles. The first-order chi connectivity index (χ1) is 10.5. The highest BCUT2D eigenvalue weighted by Gasteiger charge is 2.05. The predicted molar refractivity (Wildman–Crippen MR) is 77.8 cm³/mol. The smallest absolute Gasteiger partial charge is 0.220 e. The van der Waals surface area contributed by atoms with Crippen molar-refractivity contribution < 1.29 is 18.0 Å². The van der Waals surface area contributed by atoms with Crippen molar-refractivity contribution >= 4 is 5.91 Å². The molecule has 0 aliphatic heterocycles. The van der Waals surface area contributed by atoms with Gasteiger partial charge in [-0.15, -0.1) is 0 Å². The third-order valence-corrected chi connectivity index (χ3v) is 3.27. The van der Waals surface area contributed by atoms with Gasteiger partial charge in [-0.05, 0) is 48.2 Å². The second-order valence-electron chi connectivity index (χ2n) is 4.97. The first kappa shape index (κ1) is 16.1. The van der Waals surface area contributed by atoms with Crippen LogP contribution >= 0.6 is 0 Å². The van der Waals surface area contributed by atoms with Gasteiger partial charge in [0.2, 0.25) is 5.91 Å². The van der Waals surface area contributed by atoms with Gasteiger partial charge >= 0.3 is 0 Å². The second kappa shape index (κ2) is 7.64. The van der Waals surface area contributed by atoms with Gasteiger partial charge in [-0.3, -0.25) is 4.79 Å². The van der Waals surface area contributed by atoms with Crippen LogP contribution in [0.5, 0.6) is 0 Å². The van der Waals surface area contributed by atoms with Crippen LogP contribution in [0.2, 0.25) is 0 Å². The van der Waals surface area contributed by atoms with E-state index in [4.69, 9.17) is 0 Å². The molecular formula is C17H16F3NO. The highest BCUT2D eigenvalue weighted by molar-refractivity contribution is 5.76. The minimum absolute atomic E-state index is 0.160. The molecule has 0 bridgehead atoms. The Labute approximate surface area is 127 Å². The van der Waals surface area contributed by atoms with E-state index in [-0.39, 0.29) is 18.1 Å². The van der Waals surface area contributed by atoms with E-state index in [9.17, 15) is 18.0 Å². The molecule has 0 atom stereocenters. The van der Waals surface area contributed by atoms with Crippen molar-refractivity contribution in [2.24, 2.45) is 0 Å². The van der Waals surface area contributed by atoms with Crippen molar-refractivity contribution in [2.75, 3.05) is 6.54 Å². The van der Waals surface area contributed by atoms with E-state index in [2.05, 4.69) is 5.32 Å². The molecule has 2 aromatic rings. The van der Waals surface area contributed by atoms with Crippen molar-refractivity contribution in [3.8, 4) is 0 Å². The fourth-order valence-corrected chi connectivity index (χ4v) is 2.04. The largest absolute Gasteiger partial charge is 0.356 e. The van der Waals surface area contributed by atoms with E-state index in [1.54, 1.807) is 12.1 Å². The van der Waals surface area contributed by atoms with Gasteiger partial charge in [0.05, 0.1) is 0 Å². The number of rotatable bonds is 6. The zero-order chi connectivity index (χ0) is 15.9. The Bertz CT molecular complexity index is 641. The standard InChI is InChI=1S/C17H16F3NO/c18-14-5-1-12(2-6-14)9-10-21-17(22)8-4-13-3-7-15(19)16(20)11-13/h1-3,5-7,11H,4,8-10H2,(H,21,22).